The van der Waals surface area contributed by atoms with E-state index in [4.69, 9.17) is 4.74 Å². The predicted octanol–water partition coefficient (Wildman–Crippen LogP) is 3.95. The predicted molar refractivity (Wildman–Crippen MR) is 103 cm³/mol. The molecule has 0 spiro atoms. The van der Waals surface area contributed by atoms with Gasteiger partial charge in [-0.1, -0.05) is 42.5 Å². The standard InChI is InChI=1S/C21H17F3N4O2/c22-21(23,24)19-10-11-28(27-19)13-20(29)26-25-16-12-18(14-6-2-1-3-7-14)30-17-9-5-4-8-15(16)17/h1-11,18H,12-13H2,(H,26,29)/t18-/m0/s1. The first-order valence-electron chi connectivity index (χ1n) is 9.17. The van der Waals surface area contributed by atoms with E-state index in [1.54, 1.807) is 0 Å². The average Bonchev–Trinajstić information content (AvgIpc) is 3.21. The van der Waals surface area contributed by atoms with Crippen molar-refractivity contribution in [3.05, 3.63) is 83.7 Å². The summed E-state index contributed by atoms with van der Waals surface area (Å²) in [5.41, 5.74) is 3.71. The van der Waals surface area contributed by atoms with Crippen LogP contribution in [-0.4, -0.2) is 21.4 Å². The molecule has 0 bridgehead atoms. The summed E-state index contributed by atoms with van der Waals surface area (Å²) in [5, 5.41) is 7.59. The summed E-state index contributed by atoms with van der Waals surface area (Å²) in [4.78, 5) is 12.2. The van der Waals surface area contributed by atoms with Crippen LogP contribution in [0.2, 0.25) is 0 Å². The number of hydrazone groups is 1. The molecule has 0 fully saturated rings. The van der Waals surface area contributed by atoms with Gasteiger partial charge in [0.1, 0.15) is 18.4 Å². The SMILES string of the molecule is O=C(Cn1ccc(C(F)(F)F)n1)NN=C1C[C@@H](c2ccccc2)Oc2ccccc21. The molecule has 154 valence electrons. The molecule has 30 heavy (non-hydrogen) atoms. The molecule has 6 nitrogen and oxygen atoms in total. The van der Waals surface area contributed by atoms with Crippen LogP contribution in [0.3, 0.4) is 0 Å². The summed E-state index contributed by atoms with van der Waals surface area (Å²) >= 11 is 0. The number of hydrogen-bond donors (Lipinski definition) is 1. The van der Waals surface area contributed by atoms with Crippen LogP contribution in [0.25, 0.3) is 0 Å². The highest BCUT2D eigenvalue weighted by atomic mass is 19.4. The first kappa shape index (κ1) is 19.7. The second kappa shape index (κ2) is 8.02. The van der Waals surface area contributed by atoms with E-state index in [1.807, 2.05) is 54.6 Å². The van der Waals surface area contributed by atoms with Gasteiger partial charge in [0, 0.05) is 18.2 Å². The van der Waals surface area contributed by atoms with E-state index in [1.165, 1.54) is 0 Å². The van der Waals surface area contributed by atoms with Gasteiger partial charge >= 0.3 is 6.18 Å². The van der Waals surface area contributed by atoms with Crippen LogP contribution in [0.15, 0.2) is 72.0 Å². The molecule has 2 heterocycles. The minimum Gasteiger partial charge on any atom is -0.485 e. The number of carbonyl (C=O) groups excluding carboxylic acids is 1. The summed E-state index contributed by atoms with van der Waals surface area (Å²) in [5.74, 6) is 0.0621. The lowest BCUT2D eigenvalue weighted by Gasteiger charge is -2.27. The van der Waals surface area contributed by atoms with Crippen molar-refractivity contribution in [2.24, 2.45) is 5.10 Å². The molecule has 1 aromatic heterocycles. The molecular formula is C21H17F3N4O2. The number of para-hydroxylation sites is 1. The van der Waals surface area contributed by atoms with Crippen molar-refractivity contribution in [2.75, 3.05) is 0 Å². The van der Waals surface area contributed by atoms with Crippen LogP contribution < -0.4 is 10.2 Å². The number of nitrogens with zero attached hydrogens (tertiary/aromatic N) is 3. The van der Waals surface area contributed by atoms with Gasteiger partial charge in [-0.25, -0.2) is 5.43 Å². The van der Waals surface area contributed by atoms with Crippen LogP contribution in [0.4, 0.5) is 13.2 Å². The normalized spacial score (nSPS) is 17.3. The quantitative estimate of drug-likeness (QED) is 0.658. The molecule has 2 aromatic carbocycles. The van der Waals surface area contributed by atoms with Crippen LogP contribution in [0, 0.1) is 0 Å². The van der Waals surface area contributed by atoms with Gasteiger partial charge in [-0.15, -0.1) is 0 Å². The number of aromatic nitrogens is 2. The Morgan fingerprint density at radius 1 is 1.13 bits per heavy atom. The summed E-state index contributed by atoms with van der Waals surface area (Å²) in [6.45, 7) is -0.382. The van der Waals surface area contributed by atoms with Crippen molar-refractivity contribution < 1.29 is 22.7 Å². The zero-order valence-corrected chi connectivity index (χ0v) is 15.6. The highest BCUT2D eigenvalue weighted by Crippen LogP contribution is 2.35. The van der Waals surface area contributed by atoms with Gasteiger partial charge in [0.25, 0.3) is 5.91 Å². The molecule has 0 aliphatic carbocycles. The monoisotopic (exact) mass is 414 g/mol. The summed E-state index contributed by atoms with van der Waals surface area (Å²) < 4.78 is 44.9. The summed E-state index contributed by atoms with van der Waals surface area (Å²) in [6.07, 6.45) is -3.29. The Balaban J connectivity index is 1.50. The van der Waals surface area contributed by atoms with Crippen LogP contribution in [-0.2, 0) is 17.5 Å². The fraction of sp³-hybridized carbons (Fsp3) is 0.190. The molecule has 1 aliphatic rings. The van der Waals surface area contributed by atoms with Gasteiger partial charge < -0.3 is 4.74 Å². The van der Waals surface area contributed by atoms with Crippen molar-refractivity contribution in [1.82, 2.24) is 15.2 Å². The molecule has 0 unspecified atom stereocenters. The minimum atomic E-state index is -4.56. The van der Waals surface area contributed by atoms with E-state index in [0.717, 1.165) is 28.1 Å². The summed E-state index contributed by atoms with van der Waals surface area (Å²) in [6, 6.07) is 17.8. The maximum absolute atomic E-state index is 12.6. The van der Waals surface area contributed by atoms with Crippen LogP contribution >= 0.6 is 0 Å². The van der Waals surface area contributed by atoms with E-state index < -0.39 is 17.8 Å². The third-order valence-corrected chi connectivity index (χ3v) is 4.57. The molecule has 1 N–H and O–H groups in total. The Bertz CT molecular complexity index is 1080. The van der Waals surface area contributed by atoms with Crippen molar-refractivity contribution in [3.8, 4) is 5.75 Å². The largest absolute Gasteiger partial charge is 0.485 e. The third kappa shape index (κ3) is 4.35. The number of hydrogen-bond acceptors (Lipinski definition) is 4. The van der Waals surface area contributed by atoms with Crippen molar-refractivity contribution >= 4 is 11.6 Å². The molecule has 0 saturated heterocycles. The molecule has 3 aromatic rings. The molecule has 1 atom stereocenters. The maximum atomic E-state index is 12.6. The van der Waals surface area contributed by atoms with Gasteiger partial charge in [0.2, 0.25) is 0 Å². The highest BCUT2D eigenvalue weighted by molar-refractivity contribution is 6.04. The molecule has 0 saturated carbocycles. The third-order valence-electron chi connectivity index (χ3n) is 4.57. The lowest BCUT2D eigenvalue weighted by atomic mass is 9.96. The smallest absolute Gasteiger partial charge is 0.435 e. The molecular weight excluding hydrogens is 397 g/mol. The fourth-order valence-electron chi connectivity index (χ4n) is 3.16. The molecule has 4 rings (SSSR count). The number of halogens is 3. The Kier molecular flexibility index (Phi) is 5.26. The lowest BCUT2D eigenvalue weighted by Crippen LogP contribution is -2.28. The first-order chi connectivity index (χ1) is 14.4. The van der Waals surface area contributed by atoms with Crippen molar-refractivity contribution in [1.29, 1.82) is 0 Å². The zero-order valence-electron chi connectivity index (χ0n) is 15.6. The van der Waals surface area contributed by atoms with E-state index in [2.05, 4.69) is 15.6 Å². The summed E-state index contributed by atoms with van der Waals surface area (Å²) in [7, 11) is 0. The van der Waals surface area contributed by atoms with Gasteiger partial charge in [-0.3, -0.25) is 9.48 Å². The number of nitrogens with one attached hydrogen (secondary N) is 1. The number of rotatable bonds is 4. The van der Waals surface area contributed by atoms with Crippen LogP contribution in [0.1, 0.15) is 29.3 Å². The molecule has 1 aliphatic heterocycles. The van der Waals surface area contributed by atoms with E-state index in [0.29, 0.717) is 17.9 Å². The van der Waals surface area contributed by atoms with Gasteiger partial charge in [-0.2, -0.15) is 23.4 Å². The Hall–Kier alpha value is -3.62. The average molecular weight is 414 g/mol. The Morgan fingerprint density at radius 2 is 1.87 bits per heavy atom. The number of ether oxygens (including phenoxy) is 1. The Morgan fingerprint density at radius 3 is 2.60 bits per heavy atom. The topological polar surface area (TPSA) is 68.5 Å². The number of carbonyl (C=O) groups is 1. The van der Waals surface area contributed by atoms with Gasteiger partial charge in [0.05, 0.1) is 5.71 Å². The minimum absolute atomic E-state index is 0.266. The number of amides is 1. The van der Waals surface area contributed by atoms with E-state index >= 15 is 0 Å². The van der Waals surface area contributed by atoms with E-state index in [9.17, 15) is 18.0 Å². The highest BCUT2D eigenvalue weighted by Gasteiger charge is 2.33. The second-order valence-electron chi connectivity index (χ2n) is 6.71. The lowest BCUT2D eigenvalue weighted by molar-refractivity contribution is -0.141. The zero-order chi connectivity index (χ0) is 21.1. The van der Waals surface area contributed by atoms with Gasteiger partial charge in [0.15, 0.2) is 5.69 Å². The Labute approximate surface area is 170 Å². The van der Waals surface area contributed by atoms with Crippen LogP contribution in [0.5, 0.6) is 5.75 Å². The molecule has 0 radical (unpaired) electrons. The van der Waals surface area contributed by atoms with E-state index in [-0.39, 0.29) is 12.6 Å². The second-order valence-corrected chi connectivity index (χ2v) is 6.71. The maximum Gasteiger partial charge on any atom is 0.435 e. The number of alkyl halides is 3. The van der Waals surface area contributed by atoms with Gasteiger partial charge in [-0.05, 0) is 23.8 Å². The fourth-order valence-corrected chi connectivity index (χ4v) is 3.16. The molecule has 9 heteroatoms. The number of fused-ring (bicyclic) bond motifs is 1. The van der Waals surface area contributed by atoms with Crippen molar-refractivity contribution in [3.63, 3.8) is 0 Å². The number of benzene rings is 2. The first-order valence-corrected chi connectivity index (χ1v) is 9.17. The van der Waals surface area contributed by atoms with Crippen molar-refractivity contribution in [2.45, 2.75) is 25.2 Å². The molecule has 1 amide bonds.